The fourth-order valence-electron chi connectivity index (χ4n) is 4.77. The molecule has 2 heterocycles. The van der Waals surface area contributed by atoms with Crippen molar-refractivity contribution in [2.24, 2.45) is 15.9 Å². The number of nitrogens with zero attached hydrogens (tertiary/aromatic N) is 2. The summed E-state index contributed by atoms with van der Waals surface area (Å²) >= 11 is 0. The lowest BCUT2D eigenvalue weighted by Gasteiger charge is -2.15. The van der Waals surface area contributed by atoms with Crippen molar-refractivity contribution in [2.75, 3.05) is 0 Å². The van der Waals surface area contributed by atoms with Crippen LogP contribution in [0.5, 0.6) is 0 Å². The molecule has 2 aliphatic carbocycles. The SMILES string of the molecule is C[C@H](C1=NC2c3ccccc3CC2O1)C1=NC2c3ccccc3C[C@H]2O1. The molecule has 0 bridgehead atoms. The van der Waals surface area contributed by atoms with Gasteiger partial charge in [-0.2, -0.15) is 0 Å². The molecule has 4 nitrogen and oxygen atoms in total. The van der Waals surface area contributed by atoms with Crippen molar-refractivity contribution in [3.8, 4) is 0 Å². The monoisotopic (exact) mass is 344 g/mol. The number of aliphatic imine (C=N–C) groups is 2. The molecule has 0 saturated carbocycles. The van der Waals surface area contributed by atoms with Gasteiger partial charge >= 0.3 is 0 Å². The lowest BCUT2D eigenvalue weighted by atomic mass is 10.1. The quantitative estimate of drug-likeness (QED) is 0.831. The van der Waals surface area contributed by atoms with E-state index < -0.39 is 0 Å². The van der Waals surface area contributed by atoms with Crippen LogP contribution < -0.4 is 0 Å². The Labute approximate surface area is 152 Å². The highest BCUT2D eigenvalue weighted by Gasteiger charge is 2.45. The topological polar surface area (TPSA) is 43.2 Å². The zero-order valence-corrected chi connectivity index (χ0v) is 14.6. The predicted molar refractivity (Wildman–Crippen MR) is 99.6 cm³/mol. The summed E-state index contributed by atoms with van der Waals surface area (Å²) in [6.45, 7) is 2.09. The molecule has 2 aliphatic heterocycles. The summed E-state index contributed by atoms with van der Waals surface area (Å²) in [6, 6.07) is 17.3. The summed E-state index contributed by atoms with van der Waals surface area (Å²) < 4.78 is 12.4. The third-order valence-electron chi connectivity index (χ3n) is 6.11. The fourth-order valence-corrected chi connectivity index (χ4v) is 4.77. The average Bonchev–Trinajstić information content (AvgIpc) is 3.38. The molecule has 0 radical (unpaired) electrons. The van der Waals surface area contributed by atoms with Gasteiger partial charge in [0, 0.05) is 12.8 Å². The van der Waals surface area contributed by atoms with Gasteiger partial charge in [0.25, 0.3) is 0 Å². The maximum Gasteiger partial charge on any atom is 0.196 e. The molecule has 0 N–H and O–H groups in total. The zero-order valence-electron chi connectivity index (χ0n) is 14.6. The first-order valence-electron chi connectivity index (χ1n) is 9.42. The molecule has 0 spiro atoms. The highest BCUT2D eigenvalue weighted by Crippen LogP contribution is 2.43. The Morgan fingerprint density at radius 1 is 0.769 bits per heavy atom. The molecule has 130 valence electrons. The zero-order chi connectivity index (χ0) is 17.3. The van der Waals surface area contributed by atoms with E-state index in [0.717, 1.165) is 24.6 Å². The highest BCUT2D eigenvalue weighted by atomic mass is 16.5. The number of rotatable bonds is 2. The normalized spacial score (nSPS) is 31.1. The van der Waals surface area contributed by atoms with E-state index in [-0.39, 0.29) is 30.2 Å². The minimum Gasteiger partial charge on any atom is -0.474 e. The minimum absolute atomic E-state index is 0.0227. The molecule has 0 aromatic heterocycles. The lowest BCUT2D eigenvalue weighted by Crippen LogP contribution is -2.26. The van der Waals surface area contributed by atoms with Crippen molar-refractivity contribution in [1.29, 1.82) is 0 Å². The van der Waals surface area contributed by atoms with Crippen LogP contribution in [0.15, 0.2) is 58.5 Å². The summed E-state index contributed by atoms with van der Waals surface area (Å²) in [5.41, 5.74) is 5.33. The average molecular weight is 344 g/mol. The summed E-state index contributed by atoms with van der Waals surface area (Å²) in [7, 11) is 0. The van der Waals surface area contributed by atoms with E-state index in [1.807, 2.05) is 0 Å². The number of ether oxygens (including phenoxy) is 2. The van der Waals surface area contributed by atoms with Gasteiger partial charge in [0.2, 0.25) is 0 Å². The van der Waals surface area contributed by atoms with Crippen molar-refractivity contribution < 1.29 is 9.47 Å². The van der Waals surface area contributed by atoms with Crippen LogP contribution in [0.1, 0.15) is 41.3 Å². The second kappa shape index (κ2) is 5.19. The number of hydrogen-bond donors (Lipinski definition) is 0. The first-order valence-corrected chi connectivity index (χ1v) is 9.42. The van der Waals surface area contributed by atoms with Gasteiger partial charge in [-0.05, 0) is 29.2 Å². The summed E-state index contributed by atoms with van der Waals surface area (Å²) in [6.07, 6.45) is 2.14. The van der Waals surface area contributed by atoms with Crippen molar-refractivity contribution in [2.45, 2.75) is 44.1 Å². The molecule has 0 fully saturated rings. The van der Waals surface area contributed by atoms with Gasteiger partial charge in [-0.3, -0.25) is 0 Å². The van der Waals surface area contributed by atoms with E-state index in [9.17, 15) is 0 Å². The molecule has 2 aromatic carbocycles. The lowest BCUT2D eigenvalue weighted by molar-refractivity contribution is 0.184. The standard InChI is InChI=1S/C22H20N2O2/c1-12(21-23-19-15-8-4-2-6-13(15)10-17(19)25-21)22-24-20-16-9-5-3-7-14(16)11-18(20)26-22/h2-9,12,17-20H,10-11H2,1H3/t12-,17+,18?,19?,20?/m0/s1. The van der Waals surface area contributed by atoms with Crippen molar-refractivity contribution in [1.82, 2.24) is 0 Å². The van der Waals surface area contributed by atoms with E-state index in [2.05, 4.69) is 55.5 Å². The molecular formula is C22H20N2O2. The maximum atomic E-state index is 6.22. The molecule has 4 aliphatic rings. The second-order valence-electron chi connectivity index (χ2n) is 7.66. The minimum atomic E-state index is -0.0227. The van der Waals surface area contributed by atoms with Gasteiger partial charge in [-0.1, -0.05) is 48.5 Å². The molecular weight excluding hydrogens is 324 g/mol. The van der Waals surface area contributed by atoms with Crippen molar-refractivity contribution >= 4 is 11.8 Å². The Kier molecular flexibility index (Phi) is 2.90. The van der Waals surface area contributed by atoms with Crippen molar-refractivity contribution in [3.63, 3.8) is 0 Å². The Bertz CT molecular complexity index is 887. The van der Waals surface area contributed by atoms with Gasteiger partial charge in [-0.15, -0.1) is 0 Å². The second-order valence-corrected chi connectivity index (χ2v) is 7.66. The number of benzene rings is 2. The van der Waals surface area contributed by atoms with Gasteiger partial charge in [0.1, 0.15) is 30.2 Å². The van der Waals surface area contributed by atoms with E-state index in [1.165, 1.54) is 22.3 Å². The fraction of sp³-hybridized carbons (Fsp3) is 0.364. The van der Waals surface area contributed by atoms with E-state index in [4.69, 9.17) is 19.5 Å². The highest BCUT2D eigenvalue weighted by molar-refractivity contribution is 6.01. The molecule has 4 heteroatoms. The predicted octanol–water partition coefficient (Wildman–Crippen LogP) is 3.81. The van der Waals surface area contributed by atoms with Crippen LogP contribution in [0.4, 0.5) is 0 Å². The Morgan fingerprint density at radius 3 is 1.73 bits per heavy atom. The third-order valence-corrected chi connectivity index (χ3v) is 6.11. The molecule has 2 aromatic rings. The molecule has 0 amide bonds. The molecule has 0 saturated heterocycles. The first kappa shape index (κ1) is 14.5. The van der Waals surface area contributed by atoms with Crippen LogP contribution >= 0.6 is 0 Å². The number of hydrogen-bond acceptors (Lipinski definition) is 4. The summed E-state index contributed by atoms with van der Waals surface area (Å²) in [5, 5.41) is 0. The van der Waals surface area contributed by atoms with Gasteiger partial charge in [-0.25, -0.2) is 9.98 Å². The Hall–Kier alpha value is -2.62. The van der Waals surface area contributed by atoms with Gasteiger partial charge in [0.15, 0.2) is 11.8 Å². The number of fused-ring (bicyclic) bond motifs is 6. The Morgan fingerprint density at radius 2 is 1.23 bits per heavy atom. The molecule has 3 unspecified atom stereocenters. The first-order chi connectivity index (χ1) is 12.8. The smallest absolute Gasteiger partial charge is 0.196 e. The van der Waals surface area contributed by atoms with Crippen LogP contribution in [-0.2, 0) is 22.3 Å². The van der Waals surface area contributed by atoms with Crippen LogP contribution in [0.3, 0.4) is 0 Å². The van der Waals surface area contributed by atoms with Crippen LogP contribution in [0.25, 0.3) is 0 Å². The molecule has 26 heavy (non-hydrogen) atoms. The van der Waals surface area contributed by atoms with Gasteiger partial charge < -0.3 is 9.47 Å². The van der Waals surface area contributed by atoms with Crippen LogP contribution in [0, 0.1) is 5.92 Å². The van der Waals surface area contributed by atoms with E-state index >= 15 is 0 Å². The van der Waals surface area contributed by atoms with Crippen LogP contribution in [0.2, 0.25) is 0 Å². The van der Waals surface area contributed by atoms with Gasteiger partial charge in [0.05, 0.1) is 0 Å². The largest absolute Gasteiger partial charge is 0.474 e. The van der Waals surface area contributed by atoms with Crippen molar-refractivity contribution in [3.05, 3.63) is 70.8 Å². The van der Waals surface area contributed by atoms with E-state index in [0.29, 0.717) is 0 Å². The molecule has 6 rings (SSSR count). The maximum absolute atomic E-state index is 6.22. The summed E-state index contributed by atoms with van der Waals surface area (Å²) in [4.78, 5) is 9.82. The van der Waals surface area contributed by atoms with E-state index in [1.54, 1.807) is 0 Å². The van der Waals surface area contributed by atoms with Crippen LogP contribution in [-0.4, -0.2) is 24.0 Å². The summed E-state index contributed by atoms with van der Waals surface area (Å²) in [5.74, 6) is 1.54. The molecule has 5 atom stereocenters. The Balaban J connectivity index is 1.28. The third kappa shape index (κ3) is 1.96.